The standard InChI is InChI=1S/C12H21N3/c1-3-11(12-13-8-9(2)14-12)15-10-6-4-5-7-10/h8,10-11,15H,3-7H2,1-2H3,(H,13,14)/t11-/m1/s1. The van der Waals surface area contributed by atoms with Gasteiger partial charge >= 0.3 is 0 Å². The average molecular weight is 207 g/mol. The van der Waals surface area contributed by atoms with Crippen LogP contribution in [0.1, 0.15) is 56.6 Å². The first-order chi connectivity index (χ1) is 7.29. The van der Waals surface area contributed by atoms with Crippen molar-refractivity contribution in [2.75, 3.05) is 0 Å². The van der Waals surface area contributed by atoms with Crippen molar-refractivity contribution in [1.82, 2.24) is 15.3 Å². The number of rotatable bonds is 4. The molecule has 1 saturated carbocycles. The van der Waals surface area contributed by atoms with Gasteiger partial charge in [0.15, 0.2) is 0 Å². The summed E-state index contributed by atoms with van der Waals surface area (Å²) in [6.45, 7) is 4.27. The highest BCUT2D eigenvalue weighted by Gasteiger charge is 2.20. The number of hydrogen-bond donors (Lipinski definition) is 2. The Hall–Kier alpha value is -0.830. The summed E-state index contributed by atoms with van der Waals surface area (Å²) in [7, 11) is 0. The van der Waals surface area contributed by atoms with E-state index in [4.69, 9.17) is 0 Å². The van der Waals surface area contributed by atoms with Gasteiger partial charge in [0, 0.05) is 17.9 Å². The van der Waals surface area contributed by atoms with E-state index in [1.54, 1.807) is 0 Å². The van der Waals surface area contributed by atoms with E-state index in [9.17, 15) is 0 Å². The molecule has 15 heavy (non-hydrogen) atoms. The second-order valence-electron chi connectivity index (χ2n) is 4.56. The van der Waals surface area contributed by atoms with Crippen LogP contribution >= 0.6 is 0 Å². The second-order valence-corrected chi connectivity index (χ2v) is 4.56. The minimum atomic E-state index is 0.404. The van der Waals surface area contributed by atoms with Crippen LogP contribution in [0, 0.1) is 6.92 Å². The topological polar surface area (TPSA) is 40.7 Å². The largest absolute Gasteiger partial charge is 0.345 e. The van der Waals surface area contributed by atoms with Crippen LogP contribution in [0.2, 0.25) is 0 Å². The highest BCUT2D eigenvalue weighted by Crippen LogP contribution is 2.22. The summed E-state index contributed by atoms with van der Waals surface area (Å²) < 4.78 is 0. The van der Waals surface area contributed by atoms with Crippen molar-refractivity contribution in [1.29, 1.82) is 0 Å². The summed E-state index contributed by atoms with van der Waals surface area (Å²) >= 11 is 0. The van der Waals surface area contributed by atoms with Gasteiger partial charge in [-0.25, -0.2) is 4.98 Å². The van der Waals surface area contributed by atoms with Gasteiger partial charge in [0.05, 0.1) is 6.04 Å². The monoisotopic (exact) mass is 207 g/mol. The lowest BCUT2D eigenvalue weighted by atomic mass is 10.1. The van der Waals surface area contributed by atoms with Crippen LogP contribution in [-0.4, -0.2) is 16.0 Å². The Morgan fingerprint density at radius 3 is 2.80 bits per heavy atom. The van der Waals surface area contributed by atoms with Crippen LogP contribution in [0.3, 0.4) is 0 Å². The molecule has 3 heteroatoms. The van der Waals surface area contributed by atoms with E-state index in [-0.39, 0.29) is 0 Å². The predicted octanol–water partition coefficient (Wildman–Crippen LogP) is 2.70. The molecule has 0 aliphatic heterocycles. The number of nitrogens with zero attached hydrogens (tertiary/aromatic N) is 1. The van der Waals surface area contributed by atoms with Gasteiger partial charge < -0.3 is 10.3 Å². The van der Waals surface area contributed by atoms with Gasteiger partial charge in [-0.2, -0.15) is 0 Å². The van der Waals surface area contributed by atoms with Gasteiger partial charge in [-0.05, 0) is 26.2 Å². The van der Waals surface area contributed by atoms with E-state index in [1.165, 1.54) is 25.7 Å². The Morgan fingerprint density at radius 2 is 2.27 bits per heavy atom. The fourth-order valence-electron chi connectivity index (χ4n) is 2.38. The van der Waals surface area contributed by atoms with Crippen molar-refractivity contribution >= 4 is 0 Å². The lowest BCUT2D eigenvalue weighted by Crippen LogP contribution is -2.30. The number of aromatic nitrogens is 2. The molecular weight excluding hydrogens is 186 g/mol. The van der Waals surface area contributed by atoms with Gasteiger partial charge in [-0.1, -0.05) is 19.8 Å². The van der Waals surface area contributed by atoms with Crippen LogP contribution in [0.25, 0.3) is 0 Å². The van der Waals surface area contributed by atoms with E-state index in [2.05, 4.69) is 29.1 Å². The molecule has 0 unspecified atom stereocenters. The first kappa shape index (κ1) is 10.7. The maximum Gasteiger partial charge on any atom is 0.123 e. The fourth-order valence-corrected chi connectivity index (χ4v) is 2.38. The number of nitrogens with one attached hydrogen (secondary N) is 2. The van der Waals surface area contributed by atoms with Crippen LogP contribution < -0.4 is 5.32 Å². The maximum atomic E-state index is 4.41. The Morgan fingerprint density at radius 1 is 1.53 bits per heavy atom. The van der Waals surface area contributed by atoms with Crippen molar-refractivity contribution in [3.8, 4) is 0 Å². The minimum Gasteiger partial charge on any atom is -0.345 e. The summed E-state index contributed by atoms with van der Waals surface area (Å²) in [6, 6.07) is 1.11. The highest BCUT2D eigenvalue weighted by atomic mass is 15.0. The summed E-state index contributed by atoms with van der Waals surface area (Å²) in [5.41, 5.74) is 1.15. The van der Waals surface area contributed by atoms with E-state index in [0.29, 0.717) is 12.1 Å². The van der Waals surface area contributed by atoms with Gasteiger partial charge in [-0.15, -0.1) is 0 Å². The van der Waals surface area contributed by atoms with Gasteiger partial charge in [0.2, 0.25) is 0 Å². The zero-order chi connectivity index (χ0) is 10.7. The number of H-pyrrole nitrogens is 1. The Kier molecular flexibility index (Phi) is 3.41. The molecule has 0 radical (unpaired) electrons. The van der Waals surface area contributed by atoms with Crippen LogP contribution in [0.15, 0.2) is 6.20 Å². The maximum absolute atomic E-state index is 4.41. The molecule has 1 aromatic heterocycles. The first-order valence-corrected chi connectivity index (χ1v) is 6.07. The molecule has 0 spiro atoms. The smallest absolute Gasteiger partial charge is 0.123 e. The predicted molar refractivity (Wildman–Crippen MR) is 61.7 cm³/mol. The third-order valence-electron chi connectivity index (χ3n) is 3.25. The molecule has 1 fully saturated rings. The third-order valence-corrected chi connectivity index (χ3v) is 3.25. The minimum absolute atomic E-state index is 0.404. The van der Waals surface area contributed by atoms with Crippen LogP contribution in [0.4, 0.5) is 0 Å². The molecule has 1 aliphatic carbocycles. The summed E-state index contributed by atoms with van der Waals surface area (Å²) in [5.74, 6) is 1.10. The van der Waals surface area contributed by atoms with Crippen LogP contribution in [-0.2, 0) is 0 Å². The molecule has 2 rings (SSSR count). The molecule has 84 valence electrons. The van der Waals surface area contributed by atoms with Gasteiger partial charge in [0.1, 0.15) is 5.82 Å². The molecule has 3 nitrogen and oxygen atoms in total. The molecule has 1 atom stereocenters. The molecule has 0 bridgehead atoms. The molecule has 1 aliphatic rings. The quantitative estimate of drug-likeness (QED) is 0.797. The zero-order valence-corrected chi connectivity index (χ0v) is 9.71. The second kappa shape index (κ2) is 4.79. The zero-order valence-electron chi connectivity index (χ0n) is 9.71. The number of imidazole rings is 1. The van der Waals surface area contributed by atoms with Gasteiger partial charge in [-0.3, -0.25) is 0 Å². The first-order valence-electron chi connectivity index (χ1n) is 6.07. The Labute approximate surface area is 91.7 Å². The molecular formula is C12H21N3. The van der Waals surface area contributed by atoms with Gasteiger partial charge in [0.25, 0.3) is 0 Å². The normalized spacial score (nSPS) is 19.6. The Bertz CT molecular complexity index is 300. The molecule has 2 N–H and O–H groups in total. The molecule has 0 aromatic carbocycles. The molecule has 1 heterocycles. The SMILES string of the molecule is CC[C@@H](NC1CCCC1)c1ncc(C)[nH]1. The highest BCUT2D eigenvalue weighted by molar-refractivity contribution is 5.03. The van der Waals surface area contributed by atoms with E-state index < -0.39 is 0 Å². The van der Waals surface area contributed by atoms with Crippen molar-refractivity contribution in [2.45, 2.75) is 58.0 Å². The van der Waals surface area contributed by atoms with Crippen molar-refractivity contribution in [3.05, 3.63) is 17.7 Å². The van der Waals surface area contributed by atoms with Crippen molar-refractivity contribution in [2.24, 2.45) is 0 Å². The fraction of sp³-hybridized carbons (Fsp3) is 0.750. The number of aromatic amines is 1. The lowest BCUT2D eigenvalue weighted by Gasteiger charge is -2.19. The van der Waals surface area contributed by atoms with E-state index in [1.807, 2.05) is 6.20 Å². The summed E-state index contributed by atoms with van der Waals surface area (Å²) in [6.07, 6.45) is 8.43. The molecule has 0 amide bonds. The van der Waals surface area contributed by atoms with E-state index in [0.717, 1.165) is 17.9 Å². The third kappa shape index (κ3) is 2.59. The van der Waals surface area contributed by atoms with Crippen LogP contribution in [0.5, 0.6) is 0 Å². The summed E-state index contributed by atoms with van der Waals surface area (Å²) in [4.78, 5) is 7.74. The number of aryl methyl sites for hydroxylation is 1. The lowest BCUT2D eigenvalue weighted by molar-refractivity contribution is 0.418. The Balaban J connectivity index is 1.97. The van der Waals surface area contributed by atoms with Crippen molar-refractivity contribution < 1.29 is 0 Å². The molecule has 0 saturated heterocycles. The van der Waals surface area contributed by atoms with E-state index >= 15 is 0 Å². The average Bonchev–Trinajstić information content (AvgIpc) is 2.85. The number of hydrogen-bond acceptors (Lipinski definition) is 2. The summed E-state index contributed by atoms with van der Waals surface area (Å²) in [5, 5.41) is 3.70. The molecule has 1 aromatic rings. The van der Waals surface area contributed by atoms with Crippen molar-refractivity contribution in [3.63, 3.8) is 0 Å².